The number of benzene rings is 2. The van der Waals surface area contributed by atoms with Crippen molar-refractivity contribution in [2.45, 2.75) is 6.92 Å². The van der Waals surface area contributed by atoms with Crippen LogP contribution in [0.5, 0.6) is 0 Å². The number of halogens is 3. The average molecular weight is 317 g/mol. The topological polar surface area (TPSA) is 25.8 Å². The number of hydrogen-bond acceptors (Lipinski definition) is 2. The molecule has 0 atom stereocenters. The van der Waals surface area contributed by atoms with Gasteiger partial charge in [-0.25, -0.2) is 8.78 Å². The monoisotopic (exact) mass is 316 g/mol. The van der Waals surface area contributed by atoms with E-state index in [1.165, 1.54) is 18.2 Å². The van der Waals surface area contributed by atoms with Crippen LogP contribution in [0.4, 0.5) is 8.78 Å². The van der Waals surface area contributed by atoms with Crippen molar-refractivity contribution in [3.05, 3.63) is 71.0 Å². The molecule has 0 amide bonds. The van der Waals surface area contributed by atoms with Crippen molar-refractivity contribution in [1.29, 1.82) is 0 Å². The molecule has 110 valence electrons. The Morgan fingerprint density at radius 3 is 2.05 bits per heavy atom. The zero-order valence-electron chi connectivity index (χ0n) is 11.6. The maximum absolute atomic E-state index is 14.2. The third-order valence-corrected chi connectivity index (χ3v) is 3.65. The molecule has 0 saturated heterocycles. The van der Waals surface area contributed by atoms with Gasteiger partial charge < -0.3 is 0 Å². The van der Waals surface area contributed by atoms with E-state index in [4.69, 9.17) is 11.6 Å². The predicted molar refractivity (Wildman–Crippen MR) is 82.6 cm³/mol. The maximum atomic E-state index is 14.2. The Bertz CT molecular complexity index is 815. The van der Waals surface area contributed by atoms with Crippen LogP contribution in [0.3, 0.4) is 0 Å². The van der Waals surface area contributed by atoms with Crippen molar-refractivity contribution >= 4 is 11.6 Å². The van der Waals surface area contributed by atoms with Crippen molar-refractivity contribution in [2.75, 3.05) is 0 Å². The summed E-state index contributed by atoms with van der Waals surface area (Å²) in [7, 11) is 0. The van der Waals surface area contributed by atoms with Gasteiger partial charge in [-0.1, -0.05) is 48.0 Å². The Hall–Kier alpha value is -2.33. The Kier molecular flexibility index (Phi) is 3.86. The van der Waals surface area contributed by atoms with E-state index >= 15 is 0 Å². The Labute approximate surface area is 131 Å². The highest BCUT2D eigenvalue weighted by molar-refractivity contribution is 6.32. The van der Waals surface area contributed by atoms with Gasteiger partial charge in [0.2, 0.25) is 0 Å². The van der Waals surface area contributed by atoms with Crippen molar-refractivity contribution in [3.8, 4) is 22.3 Å². The lowest BCUT2D eigenvalue weighted by Crippen LogP contribution is -2.00. The van der Waals surface area contributed by atoms with Crippen LogP contribution in [0.2, 0.25) is 5.15 Å². The molecule has 1 heterocycles. The fourth-order valence-electron chi connectivity index (χ4n) is 2.43. The third-order valence-electron chi connectivity index (χ3n) is 3.38. The normalized spacial score (nSPS) is 10.7. The minimum Gasteiger partial charge on any atom is -0.206 e. The van der Waals surface area contributed by atoms with E-state index < -0.39 is 11.6 Å². The van der Waals surface area contributed by atoms with Gasteiger partial charge in [-0.2, -0.15) is 5.10 Å². The number of nitrogens with zero attached hydrogens (tertiary/aromatic N) is 2. The van der Waals surface area contributed by atoms with Crippen LogP contribution in [0.25, 0.3) is 22.3 Å². The molecule has 2 aromatic carbocycles. The SMILES string of the molecule is Cc1nnc(Cl)c(-c2c(F)cccc2F)c1-c1ccccc1. The molecule has 0 fully saturated rings. The van der Waals surface area contributed by atoms with E-state index in [2.05, 4.69) is 10.2 Å². The first-order valence-corrected chi connectivity index (χ1v) is 7.00. The summed E-state index contributed by atoms with van der Waals surface area (Å²) in [6, 6.07) is 12.9. The zero-order valence-corrected chi connectivity index (χ0v) is 12.4. The van der Waals surface area contributed by atoms with E-state index in [0.717, 1.165) is 5.56 Å². The van der Waals surface area contributed by atoms with Crippen molar-refractivity contribution in [1.82, 2.24) is 10.2 Å². The highest BCUT2D eigenvalue weighted by atomic mass is 35.5. The van der Waals surface area contributed by atoms with E-state index in [1.54, 1.807) is 6.92 Å². The molecule has 0 aliphatic heterocycles. The molecule has 2 nitrogen and oxygen atoms in total. The van der Waals surface area contributed by atoms with E-state index in [0.29, 0.717) is 11.3 Å². The van der Waals surface area contributed by atoms with Gasteiger partial charge in [0.05, 0.1) is 11.3 Å². The van der Waals surface area contributed by atoms with Gasteiger partial charge in [-0.15, -0.1) is 5.10 Å². The molecular weight excluding hydrogens is 306 g/mol. The van der Waals surface area contributed by atoms with Gasteiger partial charge in [0.25, 0.3) is 0 Å². The summed E-state index contributed by atoms with van der Waals surface area (Å²) >= 11 is 6.12. The summed E-state index contributed by atoms with van der Waals surface area (Å²) in [6.07, 6.45) is 0. The number of rotatable bonds is 2. The van der Waals surface area contributed by atoms with Crippen LogP contribution in [0.15, 0.2) is 48.5 Å². The maximum Gasteiger partial charge on any atom is 0.160 e. The molecule has 3 aromatic rings. The van der Waals surface area contributed by atoms with Crippen LogP contribution in [-0.4, -0.2) is 10.2 Å². The van der Waals surface area contributed by atoms with Crippen molar-refractivity contribution < 1.29 is 8.78 Å². The van der Waals surface area contributed by atoms with Crippen LogP contribution in [-0.2, 0) is 0 Å². The predicted octanol–water partition coefficient (Wildman–Crippen LogP) is 5.05. The molecule has 0 N–H and O–H groups in total. The fraction of sp³-hybridized carbons (Fsp3) is 0.0588. The van der Waals surface area contributed by atoms with E-state index in [1.807, 2.05) is 30.3 Å². The smallest absolute Gasteiger partial charge is 0.160 e. The second kappa shape index (κ2) is 5.81. The first-order valence-electron chi connectivity index (χ1n) is 6.62. The Morgan fingerprint density at radius 1 is 0.773 bits per heavy atom. The Morgan fingerprint density at radius 2 is 1.41 bits per heavy atom. The first kappa shape index (κ1) is 14.6. The third kappa shape index (κ3) is 2.46. The minimum atomic E-state index is -0.688. The van der Waals surface area contributed by atoms with Gasteiger partial charge in [0, 0.05) is 11.1 Å². The van der Waals surface area contributed by atoms with Crippen LogP contribution in [0, 0.1) is 18.6 Å². The second-order valence-electron chi connectivity index (χ2n) is 4.79. The quantitative estimate of drug-likeness (QED) is 0.661. The molecule has 0 unspecified atom stereocenters. The number of hydrogen-bond donors (Lipinski definition) is 0. The van der Waals surface area contributed by atoms with Crippen molar-refractivity contribution in [2.24, 2.45) is 0 Å². The summed E-state index contributed by atoms with van der Waals surface area (Å²) in [5, 5.41) is 7.75. The summed E-state index contributed by atoms with van der Waals surface area (Å²) in [5.74, 6) is -1.38. The molecule has 0 aliphatic carbocycles. The summed E-state index contributed by atoms with van der Waals surface area (Å²) in [4.78, 5) is 0. The molecule has 22 heavy (non-hydrogen) atoms. The lowest BCUT2D eigenvalue weighted by molar-refractivity contribution is 0.589. The summed E-state index contributed by atoms with van der Waals surface area (Å²) < 4.78 is 28.4. The molecule has 0 radical (unpaired) electrons. The molecule has 1 aromatic heterocycles. The Balaban J connectivity index is 2.40. The van der Waals surface area contributed by atoms with Crippen molar-refractivity contribution in [3.63, 3.8) is 0 Å². The van der Waals surface area contributed by atoms with Gasteiger partial charge in [-0.05, 0) is 24.6 Å². The molecule has 0 spiro atoms. The highest BCUT2D eigenvalue weighted by Gasteiger charge is 2.22. The molecule has 3 rings (SSSR count). The zero-order chi connectivity index (χ0) is 15.7. The largest absolute Gasteiger partial charge is 0.206 e. The second-order valence-corrected chi connectivity index (χ2v) is 5.15. The number of aryl methyl sites for hydroxylation is 1. The van der Waals surface area contributed by atoms with E-state index in [-0.39, 0.29) is 16.3 Å². The lowest BCUT2D eigenvalue weighted by atomic mass is 9.94. The van der Waals surface area contributed by atoms with Gasteiger partial charge in [-0.3, -0.25) is 0 Å². The first-order chi connectivity index (χ1) is 10.6. The minimum absolute atomic E-state index is 0.0338. The summed E-state index contributed by atoms with van der Waals surface area (Å²) in [5.41, 5.74) is 1.92. The van der Waals surface area contributed by atoms with Crippen LogP contribution < -0.4 is 0 Å². The lowest BCUT2D eigenvalue weighted by Gasteiger charge is -2.14. The van der Waals surface area contributed by atoms with E-state index in [9.17, 15) is 8.78 Å². The average Bonchev–Trinajstić information content (AvgIpc) is 2.51. The molecular formula is C17H11ClF2N2. The van der Waals surface area contributed by atoms with Gasteiger partial charge >= 0.3 is 0 Å². The highest BCUT2D eigenvalue weighted by Crippen LogP contribution is 2.39. The molecule has 5 heteroatoms. The van der Waals surface area contributed by atoms with Crippen LogP contribution >= 0.6 is 11.6 Å². The molecule has 0 saturated carbocycles. The fourth-order valence-corrected chi connectivity index (χ4v) is 2.65. The summed E-state index contributed by atoms with van der Waals surface area (Å²) in [6.45, 7) is 1.73. The number of aromatic nitrogens is 2. The molecule has 0 bridgehead atoms. The standard InChI is InChI=1S/C17H11ClF2N2/c1-10-14(11-6-3-2-4-7-11)16(17(18)22-21-10)15-12(19)8-5-9-13(15)20/h2-9H,1H3. The van der Waals surface area contributed by atoms with Crippen LogP contribution in [0.1, 0.15) is 5.69 Å². The molecule has 0 aliphatic rings. The van der Waals surface area contributed by atoms with Gasteiger partial charge in [0.1, 0.15) is 11.6 Å². The van der Waals surface area contributed by atoms with Gasteiger partial charge in [0.15, 0.2) is 5.15 Å².